The van der Waals surface area contributed by atoms with Crippen molar-refractivity contribution in [3.8, 4) is 0 Å². The van der Waals surface area contributed by atoms with Crippen LogP contribution in [0.4, 0.5) is 17.1 Å². The van der Waals surface area contributed by atoms with Gasteiger partial charge in [0.05, 0.1) is 19.8 Å². The van der Waals surface area contributed by atoms with E-state index < -0.39 is 0 Å². The fourth-order valence-corrected chi connectivity index (χ4v) is 2.58. The molecule has 1 aliphatic heterocycles. The number of hydrogen-bond donors (Lipinski definition) is 3. The van der Waals surface area contributed by atoms with E-state index in [2.05, 4.69) is 17.9 Å². The zero-order chi connectivity index (χ0) is 14.3. The largest absolute Gasteiger partial charge is 0.392 e. The maximum absolute atomic E-state index is 6.30. The lowest BCUT2D eigenvalue weighted by Gasteiger charge is -2.38. The molecule has 0 aromatic heterocycles. The van der Waals surface area contributed by atoms with Gasteiger partial charge in [-0.25, -0.2) is 4.59 Å². The Morgan fingerprint density at radius 3 is 2.32 bits per heavy atom. The summed E-state index contributed by atoms with van der Waals surface area (Å²) in [5.41, 5.74) is 15.2. The monoisotopic (exact) mass is 264 g/mol. The second kappa shape index (κ2) is 4.67. The quantitative estimate of drug-likeness (QED) is 0.322. The molecule has 1 fully saturated rings. The molecule has 6 N–H and O–H groups in total. The zero-order valence-electron chi connectivity index (χ0n) is 12.2. The molecule has 106 valence electrons. The van der Waals surface area contributed by atoms with Gasteiger partial charge >= 0.3 is 0 Å². The summed E-state index contributed by atoms with van der Waals surface area (Å²) in [6.45, 7) is 4.00. The molecule has 2 rings (SSSR count). The van der Waals surface area contributed by atoms with Gasteiger partial charge in [-0.3, -0.25) is 0 Å². The Hall–Kier alpha value is -1.30. The molecule has 1 heterocycles. The minimum absolute atomic E-state index is 0.0495. The predicted octanol–water partition coefficient (Wildman–Crippen LogP) is 1.03. The summed E-state index contributed by atoms with van der Waals surface area (Å²) in [4.78, 5) is 2.31. The van der Waals surface area contributed by atoms with E-state index in [0.29, 0.717) is 0 Å². The van der Waals surface area contributed by atoms with Gasteiger partial charge in [0.25, 0.3) is 0 Å². The van der Waals surface area contributed by atoms with E-state index >= 15 is 0 Å². The summed E-state index contributed by atoms with van der Waals surface area (Å²) in [5, 5.41) is 0. The van der Waals surface area contributed by atoms with Crippen LogP contribution in [0.2, 0.25) is 0 Å². The molecule has 5 heteroatoms. The van der Waals surface area contributed by atoms with Crippen LogP contribution in [0.1, 0.15) is 19.8 Å². The molecular formula is C14H26N5+. The average molecular weight is 264 g/mol. The predicted molar refractivity (Wildman–Crippen MR) is 82.7 cm³/mol. The number of benzene rings is 1. The molecule has 1 aliphatic rings. The Morgan fingerprint density at radius 1 is 1.21 bits per heavy atom. The number of nitrogens with zero attached hydrogens (tertiary/aromatic N) is 2. The van der Waals surface area contributed by atoms with Gasteiger partial charge in [-0.1, -0.05) is 6.07 Å². The summed E-state index contributed by atoms with van der Waals surface area (Å²) in [5.74, 6) is 6.12. The summed E-state index contributed by atoms with van der Waals surface area (Å²) < 4.78 is 0.238. The van der Waals surface area contributed by atoms with E-state index in [1.54, 1.807) is 0 Å². The van der Waals surface area contributed by atoms with Crippen molar-refractivity contribution in [2.75, 3.05) is 37.8 Å². The summed E-state index contributed by atoms with van der Waals surface area (Å²) in [6.07, 6.45) is 1.97. The Morgan fingerprint density at radius 2 is 1.79 bits per heavy atom. The van der Waals surface area contributed by atoms with Crippen LogP contribution in [-0.4, -0.2) is 32.7 Å². The SMILES string of the molecule is CC1(N)CCN(c2cccc([N+](C)(C)N)c2N)CC1. The van der Waals surface area contributed by atoms with Gasteiger partial charge < -0.3 is 16.4 Å². The molecule has 1 aromatic carbocycles. The highest BCUT2D eigenvalue weighted by atomic mass is 15.5. The Kier molecular flexibility index (Phi) is 3.47. The number of nitrogen functional groups attached to an aromatic ring is 1. The van der Waals surface area contributed by atoms with Crippen molar-refractivity contribution < 1.29 is 0 Å². The van der Waals surface area contributed by atoms with Crippen LogP contribution in [-0.2, 0) is 0 Å². The molecule has 1 aromatic rings. The number of rotatable bonds is 2. The van der Waals surface area contributed by atoms with Crippen LogP contribution < -0.4 is 26.8 Å². The van der Waals surface area contributed by atoms with Crippen molar-refractivity contribution >= 4 is 17.1 Å². The maximum Gasteiger partial charge on any atom is 0.176 e. The van der Waals surface area contributed by atoms with Crippen molar-refractivity contribution in [2.45, 2.75) is 25.3 Å². The van der Waals surface area contributed by atoms with E-state index in [1.165, 1.54) is 0 Å². The van der Waals surface area contributed by atoms with Gasteiger partial charge in [0.15, 0.2) is 5.69 Å². The molecule has 0 aliphatic carbocycles. The maximum atomic E-state index is 6.30. The molecule has 0 spiro atoms. The second-order valence-electron chi connectivity index (χ2n) is 6.39. The molecule has 0 unspecified atom stereocenters. The highest BCUT2D eigenvalue weighted by Crippen LogP contribution is 2.35. The molecule has 0 saturated carbocycles. The lowest BCUT2D eigenvalue weighted by Crippen LogP contribution is -2.49. The van der Waals surface area contributed by atoms with E-state index in [1.807, 2.05) is 26.2 Å². The minimum atomic E-state index is -0.0495. The van der Waals surface area contributed by atoms with E-state index in [-0.39, 0.29) is 10.1 Å². The number of anilines is 2. The highest BCUT2D eigenvalue weighted by molar-refractivity contribution is 5.80. The summed E-state index contributed by atoms with van der Waals surface area (Å²) in [6, 6.07) is 6.06. The third-order valence-electron chi connectivity index (χ3n) is 3.93. The van der Waals surface area contributed by atoms with Crippen LogP contribution in [0.5, 0.6) is 0 Å². The number of para-hydroxylation sites is 1. The van der Waals surface area contributed by atoms with Gasteiger partial charge in [0.2, 0.25) is 0 Å². The van der Waals surface area contributed by atoms with Crippen LogP contribution in [0.3, 0.4) is 0 Å². The standard InChI is InChI=1S/C14H26N5/c1-14(16)7-9-18(10-8-14)11-5-4-6-12(13(11)15)19(2,3)17/h4-6H,7-10,15-17H2,1-3H3/q+1. The smallest absolute Gasteiger partial charge is 0.176 e. The number of nitrogens with two attached hydrogens (primary N) is 3. The van der Waals surface area contributed by atoms with Crippen molar-refractivity contribution in [1.29, 1.82) is 0 Å². The van der Waals surface area contributed by atoms with Gasteiger partial charge in [-0.2, -0.15) is 5.84 Å². The van der Waals surface area contributed by atoms with Gasteiger partial charge in [-0.05, 0) is 25.8 Å². The molecule has 0 radical (unpaired) electrons. The number of hydrogen-bond acceptors (Lipinski definition) is 4. The minimum Gasteiger partial charge on any atom is -0.392 e. The number of quaternary nitrogens is 1. The molecule has 0 amide bonds. The third-order valence-corrected chi connectivity index (χ3v) is 3.93. The lowest BCUT2D eigenvalue weighted by atomic mass is 9.90. The topological polar surface area (TPSA) is 81.3 Å². The van der Waals surface area contributed by atoms with Crippen LogP contribution in [0.15, 0.2) is 18.2 Å². The van der Waals surface area contributed by atoms with Crippen molar-refractivity contribution in [3.05, 3.63) is 18.2 Å². The normalized spacial score (nSPS) is 19.5. The summed E-state index contributed by atoms with van der Waals surface area (Å²) >= 11 is 0. The summed E-state index contributed by atoms with van der Waals surface area (Å²) in [7, 11) is 3.84. The lowest BCUT2D eigenvalue weighted by molar-refractivity contribution is 0.364. The first kappa shape index (κ1) is 14.1. The van der Waals surface area contributed by atoms with E-state index in [4.69, 9.17) is 17.3 Å². The zero-order valence-corrected chi connectivity index (χ0v) is 12.2. The van der Waals surface area contributed by atoms with Crippen LogP contribution in [0, 0.1) is 0 Å². The van der Waals surface area contributed by atoms with E-state index in [9.17, 15) is 0 Å². The molecule has 0 atom stereocenters. The Balaban J connectivity index is 2.27. The van der Waals surface area contributed by atoms with Crippen molar-refractivity contribution in [2.24, 2.45) is 11.6 Å². The Labute approximate surface area is 115 Å². The first-order valence-electron chi connectivity index (χ1n) is 6.76. The highest BCUT2D eigenvalue weighted by Gasteiger charge is 2.28. The molecule has 19 heavy (non-hydrogen) atoms. The molecule has 0 bridgehead atoms. The Bertz CT molecular complexity index is 451. The fraction of sp³-hybridized carbons (Fsp3) is 0.571. The van der Waals surface area contributed by atoms with Crippen molar-refractivity contribution in [3.63, 3.8) is 0 Å². The third kappa shape index (κ3) is 3.00. The fourth-order valence-electron chi connectivity index (χ4n) is 2.58. The molecular weight excluding hydrogens is 238 g/mol. The van der Waals surface area contributed by atoms with Crippen LogP contribution >= 0.6 is 0 Å². The molecule has 5 nitrogen and oxygen atoms in total. The first-order chi connectivity index (χ1) is 8.71. The van der Waals surface area contributed by atoms with E-state index in [0.717, 1.165) is 43.0 Å². The van der Waals surface area contributed by atoms with Gasteiger partial charge in [-0.15, -0.1) is 0 Å². The average Bonchev–Trinajstić information content (AvgIpc) is 2.28. The van der Waals surface area contributed by atoms with Gasteiger partial charge in [0, 0.05) is 24.7 Å². The van der Waals surface area contributed by atoms with Crippen LogP contribution in [0.25, 0.3) is 0 Å². The first-order valence-corrected chi connectivity index (χ1v) is 6.76. The number of piperidine rings is 1. The second-order valence-corrected chi connectivity index (χ2v) is 6.39. The molecule has 1 saturated heterocycles. The van der Waals surface area contributed by atoms with Crippen molar-refractivity contribution in [1.82, 2.24) is 4.59 Å². The van der Waals surface area contributed by atoms with Gasteiger partial charge in [0.1, 0.15) is 5.69 Å².